The summed E-state index contributed by atoms with van der Waals surface area (Å²) >= 11 is 0. The number of hydrogen-bond acceptors (Lipinski definition) is 4. The molecule has 1 atom stereocenters. The van der Waals surface area contributed by atoms with E-state index in [4.69, 9.17) is 4.74 Å². The first-order chi connectivity index (χ1) is 9.69. The number of rotatable bonds is 2. The Labute approximate surface area is 121 Å². The van der Waals surface area contributed by atoms with Crippen LogP contribution in [0.15, 0.2) is 12.1 Å². The normalized spacial score (nSPS) is 22.4. The summed E-state index contributed by atoms with van der Waals surface area (Å²) in [5.41, 5.74) is 3.91. The van der Waals surface area contributed by atoms with E-state index in [1.54, 1.807) is 0 Å². The molecule has 0 aromatic heterocycles. The molecule has 2 aliphatic rings. The smallest absolute Gasteiger partial charge is 0.166 e. The van der Waals surface area contributed by atoms with E-state index in [9.17, 15) is 0 Å². The Morgan fingerprint density at radius 3 is 2.65 bits per heavy atom. The molecule has 0 bridgehead atoms. The van der Waals surface area contributed by atoms with E-state index in [1.165, 1.54) is 16.9 Å². The number of likely N-dealkylation sites (N-methyl/N-ethyl adjacent to an activating group) is 1. The lowest BCUT2D eigenvalue weighted by Crippen LogP contribution is -2.44. The van der Waals surface area contributed by atoms with Crippen LogP contribution in [0.3, 0.4) is 0 Å². The van der Waals surface area contributed by atoms with Gasteiger partial charge < -0.3 is 19.9 Å². The predicted molar refractivity (Wildman–Crippen MR) is 84.3 cm³/mol. The molecule has 1 aromatic rings. The fourth-order valence-corrected chi connectivity index (χ4v) is 3.13. The summed E-state index contributed by atoms with van der Waals surface area (Å²) < 4.78 is 6.18. The molecule has 1 unspecified atom stereocenters. The van der Waals surface area contributed by atoms with E-state index in [1.807, 2.05) is 0 Å². The van der Waals surface area contributed by atoms with Crippen molar-refractivity contribution in [1.29, 1.82) is 0 Å². The summed E-state index contributed by atoms with van der Waals surface area (Å²) in [4.78, 5) is 4.79. The van der Waals surface area contributed by atoms with Crippen LogP contribution in [-0.2, 0) is 6.42 Å². The van der Waals surface area contributed by atoms with Crippen molar-refractivity contribution in [3.05, 3.63) is 17.7 Å². The number of fused-ring (bicyclic) bond motifs is 1. The summed E-state index contributed by atoms with van der Waals surface area (Å²) in [6.07, 6.45) is 1.32. The molecule has 1 aromatic carbocycles. The lowest BCUT2D eigenvalue weighted by Gasteiger charge is -2.38. The number of nitrogens with one attached hydrogen (secondary N) is 1. The molecule has 0 spiro atoms. The Kier molecular flexibility index (Phi) is 3.74. The molecule has 1 N–H and O–H groups in total. The highest BCUT2D eigenvalue weighted by Gasteiger charge is 2.26. The molecule has 0 amide bonds. The predicted octanol–water partition coefficient (Wildman–Crippen LogP) is 1.88. The van der Waals surface area contributed by atoms with Crippen LogP contribution in [0.2, 0.25) is 0 Å². The van der Waals surface area contributed by atoms with Crippen molar-refractivity contribution >= 4 is 11.4 Å². The molecule has 2 aliphatic heterocycles. The first-order valence-corrected chi connectivity index (χ1v) is 7.69. The Hall–Kier alpha value is -1.42. The second kappa shape index (κ2) is 5.52. The van der Waals surface area contributed by atoms with Crippen LogP contribution in [-0.4, -0.2) is 45.9 Å². The Bertz CT molecular complexity index is 483. The number of piperazine rings is 1. The zero-order valence-corrected chi connectivity index (χ0v) is 12.8. The largest absolute Gasteiger partial charge is 0.485 e. The summed E-state index contributed by atoms with van der Waals surface area (Å²) in [5, 5.41) is 3.42. The maximum Gasteiger partial charge on any atom is 0.166 e. The van der Waals surface area contributed by atoms with E-state index in [0.29, 0.717) is 0 Å². The SMILES string of the molecule is CCc1cc2c(c(N3CCNCC3)c1)OC(C)CN2C. The average Bonchev–Trinajstić information content (AvgIpc) is 2.47. The lowest BCUT2D eigenvalue weighted by molar-refractivity contribution is 0.215. The van der Waals surface area contributed by atoms with Gasteiger partial charge in [0.25, 0.3) is 0 Å². The molecule has 1 fully saturated rings. The quantitative estimate of drug-likeness (QED) is 0.892. The van der Waals surface area contributed by atoms with Gasteiger partial charge in [0.05, 0.1) is 17.9 Å². The summed E-state index contributed by atoms with van der Waals surface area (Å²) in [6.45, 7) is 9.54. The van der Waals surface area contributed by atoms with E-state index in [2.05, 4.69) is 48.1 Å². The van der Waals surface area contributed by atoms with Crippen molar-refractivity contribution in [2.75, 3.05) is 49.6 Å². The van der Waals surface area contributed by atoms with Gasteiger partial charge in [-0.1, -0.05) is 6.92 Å². The molecule has 3 rings (SSSR count). The van der Waals surface area contributed by atoms with Gasteiger partial charge in [-0.25, -0.2) is 0 Å². The van der Waals surface area contributed by atoms with Crippen molar-refractivity contribution < 1.29 is 4.74 Å². The topological polar surface area (TPSA) is 27.7 Å². The molecule has 4 nitrogen and oxygen atoms in total. The second-order valence-electron chi connectivity index (χ2n) is 5.86. The van der Waals surface area contributed by atoms with E-state index in [0.717, 1.165) is 44.9 Å². The lowest BCUT2D eigenvalue weighted by atomic mass is 10.1. The zero-order chi connectivity index (χ0) is 14.1. The van der Waals surface area contributed by atoms with E-state index in [-0.39, 0.29) is 6.10 Å². The van der Waals surface area contributed by atoms with Gasteiger partial charge in [0.1, 0.15) is 6.10 Å². The highest BCUT2D eigenvalue weighted by molar-refractivity contribution is 5.75. The molecule has 0 radical (unpaired) electrons. The number of anilines is 2. The molecule has 110 valence electrons. The van der Waals surface area contributed by atoms with Gasteiger partial charge in [-0.15, -0.1) is 0 Å². The van der Waals surface area contributed by atoms with Crippen molar-refractivity contribution in [1.82, 2.24) is 5.32 Å². The van der Waals surface area contributed by atoms with Crippen molar-refractivity contribution in [2.45, 2.75) is 26.4 Å². The molecule has 0 aliphatic carbocycles. The summed E-state index contributed by atoms with van der Waals surface area (Å²) in [6, 6.07) is 4.60. The fourth-order valence-electron chi connectivity index (χ4n) is 3.13. The molecule has 1 saturated heterocycles. The number of aryl methyl sites for hydroxylation is 1. The van der Waals surface area contributed by atoms with Gasteiger partial charge in [-0.05, 0) is 31.0 Å². The Morgan fingerprint density at radius 2 is 1.95 bits per heavy atom. The number of nitrogens with zero attached hydrogens (tertiary/aromatic N) is 2. The van der Waals surface area contributed by atoms with Crippen molar-refractivity contribution in [3.63, 3.8) is 0 Å². The molecule has 0 saturated carbocycles. The Morgan fingerprint density at radius 1 is 1.25 bits per heavy atom. The minimum atomic E-state index is 0.252. The van der Waals surface area contributed by atoms with Gasteiger partial charge >= 0.3 is 0 Å². The summed E-state index contributed by atoms with van der Waals surface area (Å²) in [5.74, 6) is 1.07. The molecule has 2 heterocycles. The third-order valence-corrected chi connectivity index (χ3v) is 4.24. The van der Waals surface area contributed by atoms with E-state index < -0.39 is 0 Å². The molecular formula is C16H25N3O. The summed E-state index contributed by atoms with van der Waals surface area (Å²) in [7, 11) is 2.17. The third-order valence-electron chi connectivity index (χ3n) is 4.24. The molecule has 4 heteroatoms. The second-order valence-corrected chi connectivity index (χ2v) is 5.86. The van der Waals surface area contributed by atoms with Gasteiger partial charge in [0, 0.05) is 33.2 Å². The highest BCUT2D eigenvalue weighted by atomic mass is 16.5. The van der Waals surface area contributed by atoms with E-state index >= 15 is 0 Å². The van der Waals surface area contributed by atoms with Crippen LogP contribution in [0, 0.1) is 0 Å². The minimum Gasteiger partial charge on any atom is -0.485 e. The zero-order valence-electron chi connectivity index (χ0n) is 12.8. The van der Waals surface area contributed by atoms with Gasteiger partial charge in [0.15, 0.2) is 5.75 Å². The third kappa shape index (κ3) is 2.44. The van der Waals surface area contributed by atoms with Crippen LogP contribution >= 0.6 is 0 Å². The monoisotopic (exact) mass is 275 g/mol. The first kappa shape index (κ1) is 13.6. The first-order valence-electron chi connectivity index (χ1n) is 7.69. The molecular weight excluding hydrogens is 250 g/mol. The van der Waals surface area contributed by atoms with Gasteiger partial charge in [-0.3, -0.25) is 0 Å². The number of benzene rings is 1. The van der Waals surface area contributed by atoms with Crippen LogP contribution in [0.1, 0.15) is 19.4 Å². The van der Waals surface area contributed by atoms with Crippen LogP contribution < -0.4 is 19.9 Å². The minimum absolute atomic E-state index is 0.252. The average molecular weight is 275 g/mol. The van der Waals surface area contributed by atoms with Crippen molar-refractivity contribution in [3.8, 4) is 5.75 Å². The maximum absolute atomic E-state index is 6.18. The van der Waals surface area contributed by atoms with Crippen LogP contribution in [0.4, 0.5) is 11.4 Å². The Balaban J connectivity index is 2.04. The number of hydrogen-bond donors (Lipinski definition) is 1. The van der Waals surface area contributed by atoms with Crippen LogP contribution in [0.5, 0.6) is 5.75 Å². The number of ether oxygens (including phenoxy) is 1. The van der Waals surface area contributed by atoms with Gasteiger partial charge in [0.2, 0.25) is 0 Å². The maximum atomic E-state index is 6.18. The van der Waals surface area contributed by atoms with Crippen molar-refractivity contribution in [2.24, 2.45) is 0 Å². The van der Waals surface area contributed by atoms with Gasteiger partial charge in [-0.2, -0.15) is 0 Å². The fraction of sp³-hybridized carbons (Fsp3) is 0.625. The van der Waals surface area contributed by atoms with Crippen LogP contribution in [0.25, 0.3) is 0 Å². The molecule has 20 heavy (non-hydrogen) atoms. The highest BCUT2D eigenvalue weighted by Crippen LogP contribution is 2.42. The standard InChI is InChI=1S/C16H25N3O/c1-4-13-9-14-16(20-12(2)11-18(14)3)15(10-13)19-7-5-17-6-8-19/h9-10,12,17H,4-8,11H2,1-3H3.